The first-order valence-electron chi connectivity index (χ1n) is 6.39. The van der Waals surface area contributed by atoms with E-state index in [9.17, 15) is 4.79 Å². The topological polar surface area (TPSA) is 75.2 Å². The van der Waals surface area contributed by atoms with Gasteiger partial charge in [-0.1, -0.05) is 0 Å². The van der Waals surface area contributed by atoms with Crippen LogP contribution in [0, 0.1) is 0 Å². The van der Waals surface area contributed by atoms with Crippen molar-refractivity contribution >= 4 is 21.9 Å². The number of hydrogen-bond acceptors (Lipinski definition) is 3. The van der Waals surface area contributed by atoms with Crippen LogP contribution < -0.4 is 4.74 Å². The molecule has 20 heavy (non-hydrogen) atoms. The number of H-pyrrole nitrogens is 1. The number of benzene rings is 1. The van der Waals surface area contributed by atoms with E-state index in [1.807, 2.05) is 18.2 Å². The van der Waals surface area contributed by atoms with Crippen molar-refractivity contribution in [1.82, 2.24) is 10.2 Å². The maximum atomic E-state index is 10.8. The zero-order valence-corrected chi connectivity index (χ0v) is 12.2. The van der Waals surface area contributed by atoms with Gasteiger partial charge < -0.3 is 9.84 Å². The largest absolute Gasteiger partial charge is 0.489 e. The van der Waals surface area contributed by atoms with Gasteiger partial charge in [0.2, 0.25) is 0 Å². The van der Waals surface area contributed by atoms with E-state index in [1.165, 1.54) is 12.5 Å². The molecule has 2 N–H and O–H groups in total. The molecule has 6 heteroatoms. The van der Waals surface area contributed by atoms with Crippen molar-refractivity contribution < 1.29 is 14.6 Å². The first kappa shape index (κ1) is 13.2. The highest BCUT2D eigenvalue weighted by atomic mass is 79.9. The number of carboxylic acid groups (broad SMARTS) is 1. The zero-order valence-electron chi connectivity index (χ0n) is 10.6. The number of carbonyl (C=O) groups is 1. The lowest BCUT2D eigenvalue weighted by atomic mass is 9.96. The normalized spacial score (nSPS) is 14.8. The molecule has 0 spiro atoms. The van der Waals surface area contributed by atoms with Crippen LogP contribution >= 0.6 is 15.9 Å². The molecule has 1 aromatic carbocycles. The van der Waals surface area contributed by atoms with Gasteiger partial charge in [-0.15, -0.1) is 0 Å². The molecule has 0 aliphatic heterocycles. The second-order valence-electron chi connectivity index (χ2n) is 4.79. The van der Waals surface area contributed by atoms with Gasteiger partial charge in [-0.05, 0) is 59.5 Å². The molecule has 0 atom stereocenters. The minimum atomic E-state index is -1.02. The van der Waals surface area contributed by atoms with Crippen molar-refractivity contribution in [1.29, 1.82) is 0 Å². The van der Waals surface area contributed by atoms with Crippen LogP contribution in [0.15, 0.2) is 28.7 Å². The molecular weight excluding hydrogens is 324 g/mol. The van der Waals surface area contributed by atoms with Gasteiger partial charge in [-0.2, -0.15) is 5.10 Å². The Labute approximate surface area is 124 Å². The third-order valence-corrected chi connectivity index (χ3v) is 4.00. The zero-order chi connectivity index (χ0) is 14.1. The Morgan fingerprint density at radius 3 is 2.75 bits per heavy atom. The van der Waals surface area contributed by atoms with Crippen LogP contribution in [0.3, 0.4) is 0 Å². The smallest absolute Gasteiger partial charge is 0.353 e. The first-order chi connectivity index (χ1) is 9.63. The second-order valence-corrected chi connectivity index (χ2v) is 5.64. The van der Waals surface area contributed by atoms with Crippen molar-refractivity contribution in [2.75, 3.05) is 0 Å². The maximum Gasteiger partial charge on any atom is 0.353 e. The second kappa shape index (κ2) is 5.28. The highest BCUT2D eigenvalue weighted by Crippen LogP contribution is 2.33. The molecule has 1 fully saturated rings. The average Bonchev–Trinajstić information content (AvgIpc) is 2.84. The molecular formula is C14H13BrN2O3. The summed E-state index contributed by atoms with van der Waals surface area (Å²) in [7, 11) is 0. The summed E-state index contributed by atoms with van der Waals surface area (Å²) in [5.74, 6) is -0.208. The molecule has 1 heterocycles. The van der Waals surface area contributed by atoms with Crippen LogP contribution in [0.2, 0.25) is 0 Å². The van der Waals surface area contributed by atoms with Gasteiger partial charge in [0.05, 0.1) is 16.3 Å². The van der Waals surface area contributed by atoms with Crippen molar-refractivity contribution in [3.8, 4) is 17.0 Å². The number of aromatic nitrogens is 2. The summed E-state index contributed by atoms with van der Waals surface area (Å²) < 4.78 is 6.70. The molecule has 0 amide bonds. The van der Waals surface area contributed by atoms with Gasteiger partial charge >= 0.3 is 5.97 Å². The monoisotopic (exact) mass is 336 g/mol. The van der Waals surface area contributed by atoms with Crippen LogP contribution in [-0.4, -0.2) is 27.4 Å². The average molecular weight is 337 g/mol. The Kier molecular flexibility index (Phi) is 3.48. The Morgan fingerprint density at radius 1 is 1.40 bits per heavy atom. The lowest BCUT2D eigenvalue weighted by molar-refractivity contribution is 0.0690. The summed E-state index contributed by atoms with van der Waals surface area (Å²) in [6.45, 7) is 0. The number of hydrogen-bond donors (Lipinski definition) is 2. The van der Waals surface area contributed by atoms with Crippen LogP contribution in [0.1, 0.15) is 29.8 Å². The van der Waals surface area contributed by atoms with E-state index in [-0.39, 0.29) is 5.69 Å². The quantitative estimate of drug-likeness (QED) is 0.896. The molecule has 1 aliphatic carbocycles. The summed E-state index contributed by atoms with van der Waals surface area (Å²) in [5, 5.41) is 15.4. The predicted molar refractivity (Wildman–Crippen MR) is 77.0 cm³/mol. The predicted octanol–water partition coefficient (Wildman–Crippen LogP) is 3.47. The third-order valence-electron chi connectivity index (χ3n) is 3.38. The molecule has 104 valence electrons. The van der Waals surface area contributed by atoms with Gasteiger partial charge in [-0.3, -0.25) is 5.10 Å². The van der Waals surface area contributed by atoms with Crippen molar-refractivity contribution in [3.05, 3.63) is 34.4 Å². The molecule has 1 saturated carbocycles. The van der Waals surface area contributed by atoms with Gasteiger partial charge in [0.25, 0.3) is 0 Å². The van der Waals surface area contributed by atoms with Gasteiger partial charge in [0.1, 0.15) is 11.4 Å². The van der Waals surface area contributed by atoms with Crippen molar-refractivity contribution in [2.45, 2.75) is 25.4 Å². The van der Waals surface area contributed by atoms with E-state index in [4.69, 9.17) is 9.84 Å². The van der Waals surface area contributed by atoms with E-state index in [2.05, 4.69) is 26.1 Å². The molecule has 2 aromatic rings. The van der Waals surface area contributed by atoms with E-state index < -0.39 is 5.97 Å². The number of ether oxygens (including phenoxy) is 1. The summed E-state index contributed by atoms with van der Waals surface area (Å²) in [6.07, 6.45) is 3.76. The molecule has 0 radical (unpaired) electrons. The Hall–Kier alpha value is -1.82. The summed E-state index contributed by atoms with van der Waals surface area (Å²) in [6, 6.07) is 7.15. The first-order valence-corrected chi connectivity index (χ1v) is 7.18. The van der Waals surface area contributed by atoms with E-state index in [0.717, 1.165) is 28.6 Å². The highest BCUT2D eigenvalue weighted by molar-refractivity contribution is 9.10. The number of aromatic amines is 1. The van der Waals surface area contributed by atoms with Crippen LogP contribution in [0.25, 0.3) is 11.3 Å². The third kappa shape index (κ3) is 2.56. The fourth-order valence-corrected chi connectivity index (χ4v) is 2.48. The Morgan fingerprint density at radius 2 is 2.20 bits per heavy atom. The van der Waals surface area contributed by atoms with Gasteiger partial charge in [0.15, 0.2) is 0 Å². The minimum absolute atomic E-state index is 0.0749. The fourth-order valence-electron chi connectivity index (χ4n) is 2.00. The number of nitrogens with one attached hydrogen (secondary N) is 1. The molecule has 1 aromatic heterocycles. The molecule has 1 aliphatic rings. The van der Waals surface area contributed by atoms with Gasteiger partial charge in [0, 0.05) is 5.56 Å². The number of aromatic carboxylic acids is 1. The standard InChI is InChI=1S/C14H13BrN2O3/c15-10-6-8(11-7-12(14(18)19)17-16-11)4-5-13(10)20-9-2-1-3-9/h4-7,9H,1-3H2,(H,16,17)(H,18,19). The van der Waals surface area contributed by atoms with Crippen molar-refractivity contribution in [2.24, 2.45) is 0 Å². The lowest BCUT2D eigenvalue weighted by Gasteiger charge is -2.26. The summed E-state index contributed by atoms with van der Waals surface area (Å²) in [5.41, 5.74) is 1.51. The van der Waals surface area contributed by atoms with E-state index in [0.29, 0.717) is 11.8 Å². The van der Waals surface area contributed by atoms with Crippen LogP contribution in [-0.2, 0) is 0 Å². The minimum Gasteiger partial charge on any atom is -0.489 e. The number of halogens is 1. The van der Waals surface area contributed by atoms with Crippen LogP contribution in [0.4, 0.5) is 0 Å². The molecule has 0 unspecified atom stereocenters. The maximum absolute atomic E-state index is 10.8. The molecule has 3 rings (SSSR count). The number of carboxylic acids is 1. The molecule has 5 nitrogen and oxygen atoms in total. The van der Waals surface area contributed by atoms with Crippen molar-refractivity contribution in [3.63, 3.8) is 0 Å². The Bertz CT molecular complexity index is 650. The highest BCUT2D eigenvalue weighted by Gasteiger charge is 2.20. The van der Waals surface area contributed by atoms with E-state index in [1.54, 1.807) is 0 Å². The fraction of sp³-hybridized carbons (Fsp3) is 0.286. The SMILES string of the molecule is O=C(O)c1cc(-c2ccc(OC3CCC3)c(Br)c2)n[nH]1. The lowest BCUT2D eigenvalue weighted by Crippen LogP contribution is -2.24. The van der Waals surface area contributed by atoms with Gasteiger partial charge in [-0.25, -0.2) is 4.79 Å². The summed E-state index contributed by atoms with van der Waals surface area (Å²) >= 11 is 3.48. The molecule has 0 bridgehead atoms. The Balaban J connectivity index is 1.83. The molecule has 0 saturated heterocycles. The summed E-state index contributed by atoms with van der Waals surface area (Å²) in [4.78, 5) is 10.8. The van der Waals surface area contributed by atoms with E-state index >= 15 is 0 Å². The number of rotatable bonds is 4. The number of nitrogens with zero attached hydrogens (tertiary/aromatic N) is 1. The van der Waals surface area contributed by atoms with Crippen LogP contribution in [0.5, 0.6) is 5.75 Å².